The molecule has 0 saturated carbocycles. The van der Waals surface area contributed by atoms with Gasteiger partial charge in [0, 0.05) is 17.1 Å². The standard InChI is InChI=1S/C26H19ClF2N4O5S/c27-23-14-13-22(15-24(23)33-26(35)32-19-7-3-17(29)4-8-19)39(36,37)38-21-11-9-20(10-12-21)31-25(34)30-18-5-1-16(28)2-6-18/h1-15H,(H2,30,31,34)(H2,32,33,35). The lowest BCUT2D eigenvalue weighted by atomic mass is 10.3. The maximum atomic E-state index is 13.0. The number of urea groups is 2. The molecule has 200 valence electrons. The molecule has 39 heavy (non-hydrogen) atoms. The minimum absolute atomic E-state index is 0.00679. The Balaban J connectivity index is 1.38. The molecule has 0 fully saturated rings. The summed E-state index contributed by atoms with van der Waals surface area (Å²) in [5, 5.41) is 10.1. The molecule has 0 spiro atoms. The number of halogens is 3. The quantitative estimate of drug-likeness (QED) is 0.184. The summed E-state index contributed by atoms with van der Waals surface area (Å²) in [7, 11) is -4.33. The van der Waals surface area contributed by atoms with Crippen molar-refractivity contribution >= 4 is 56.5 Å². The summed E-state index contributed by atoms with van der Waals surface area (Å²) in [6.07, 6.45) is 0. The van der Waals surface area contributed by atoms with Crippen molar-refractivity contribution in [2.45, 2.75) is 4.90 Å². The van der Waals surface area contributed by atoms with Gasteiger partial charge in [-0.15, -0.1) is 0 Å². The fourth-order valence-electron chi connectivity index (χ4n) is 3.17. The van der Waals surface area contributed by atoms with E-state index in [0.717, 1.165) is 6.07 Å². The Kier molecular flexibility index (Phi) is 8.27. The van der Waals surface area contributed by atoms with E-state index in [1.165, 1.54) is 84.9 Å². The lowest BCUT2D eigenvalue weighted by Gasteiger charge is -2.12. The predicted molar refractivity (Wildman–Crippen MR) is 144 cm³/mol. The first-order valence-electron chi connectivity index (χ1n) is 11.1. The normalized spacial score (nSPS) is 10.8. The fraction of sp³-hybridized carbons (Fsp3) is 0. The second kappa shape index (κ2) is 11.8. The Morgan fingerprint density at radius 2 is 1.08 bits per heavy atom. The average molecular weight is 573 g/mol. The molecule has 0 unspecified atom stereocenters. The SMILES string of the molecule is O=C(Nc1ccc(F)cc1)Nc1ccc(OS(=O)(=O)c2ccc(Cl)c(NC(=O)Nc3ccc(F)cc3)c2)cc1. The van der Waals surface area contributed by atoms with E-state index in [4.69, 9.17) is 15.8 Å². The highest BCUT2D eigenvalue weighted by molar-refractivity contribution is 7.87. The van der Waals surface area contributed by atoms with E-state index in [1.807, 2.05) is 0 Å². The maximum absolute atomic E-state index is 13.0. The summed E-state index contributed by atoms with van der Waals surface area (Å²) in [4.78, 5) is 24.1. The minimum Gasteiger partial charge on any atom is -0.379 e. The van der Waals surface area contributed by atoms with Gasteiger partial charge in [0.15, 0.2) is 0 Å². The molecule has 9 nitrogen and oxygen atoms in total. The number of carbonyl (C=O) groups excluding carboxylic acids is 2. The van der Waals surface area contributed by atoms with Crippen molar-refractivity contribution in [2.75, 3.05) is 21.3 Å². The molecule has 0 heterocycles. The first-order chi connectivity index (χ1) is 18.6. The first-order valence-corrected chi connectivity index (χ1v) is 12.9. The zero-order chi connectivity index (χ0) is 28.0. The second-order valence-corrected chi connectivity index (χ2v) is 9.83. The minimum atomic E-state index is -4.33. The molecular weight excluding hydrogens is 554 g/mol. The van der Waals surface area contributed by atoms with Gasteiger partial charge in [-0.3, -0.25) is 0 Å². The van der Waals surface area contributed by atoms with Crippen molar-refractivity contribution in [1.82, 2.24) is 0 Å². The Bertz CT molecular complexity index is 1600. The summed E-state index contributed by atoms with van der Waals surface area (Å²) in [5.41, 5.74) is 1.02. The van der Waals surface area contributed by atoms with E-state index in [9.17, 15) is 26.8 Å². The summed E-state index contributed by atoms with van der Waals surface area (Å²) in [5.74, 6) is -0.955. The molecule has 0 aliphatic heterocycles. The van der Waals surface area contributed by atoms with Crippen molar-refractivity contribution < 1.29 is 31.0 Å². The monoisotopic (exact) mass is 572 g/mol. The summed E-state index contributed by atoms with van der Waals surface area (Å²) < 4.78 is 56.9. The van der Waals surface area contributed by atoms with Gasteiger partial charge in [0.2, 0.25) is 0 Å². The molecule has 0 atom stereocenters. The molecule has 0 saturated heterocycles. The highest BCUT2D eigenvalue weighted by Gasteiger charge is 2.19. The molecule has 4 aromatic carbocycles. The van der Waals surface area contributed by atoms with Gasteiger partial charge in [0.05, 0.1) is 10.7 Å². The van der Waals surface area contributed by atoms with Gasteiger partial charge >= 0.3 is 22.2 Å². The maximum Gasteiger partial charge on any atom is 0.339 e. The molecule has 4 N–H and O–H groups in total. The number of benzene rings is 4. The Morgan fingerprint density at radius 3 is 1.56 bits per heavy atom. The molecule has 4 amide bonds. The molecule has 0 radical (unpaired) electrons. The highest BCUT2D eigenvalue weighted by atomic mass is 35.5. The van der Waals surface area contributed by atoms with Crippen LogP contribution in [0, 0.1) is 11.6 Å². The van der Waals surface area contributed by atoms with Crippen LogP contribution in [-0.2, 0) is 10.1 Å². The molecule has 0 bridgehead atoms. The van der Waals surface area contributed by atoms with Gasteiger partial charge in [0.25, 0.3) is 0 Å². The zero-order valence-electron chi connectivity index (χ0n) is 19.7. The lowest BCUT2D eigenvalue weighted by molar-refractivity contribution is 0.261. The van der Waals surface area contributed by atoms with Gasteiger partial charge in [0.1, 0.15) is 22.3 Å². The molecular formula is C26H19ClF2N4O5S. The average Bonchev–Trinajstić information content (AvgIpc) is 2.89. The van der Waals surface area contributed by atoms with E-state index in [1.54, 1.807) is 0 Å². The van der Waals surface area contributed by atoms with Crippen LogP contribution in [0.5, 0.6) is 5.75 Å². The van der Waals surface area contributed by atoms with Gasteiger partial charge in [-0.2, -0.15) is 8.42 Å². The van der Waals surface area contributed by atoms with Crippen LogP contribution in [0.15, 0.2) is 95.9 Å². The smallest absolute Gasteiger partial charge is 0.339 e. The number of anilines is 4. The topological polar surface area (TPSA) is 126 Å². The van der Waals surface area contributed by atoms with E-state index in [2.05, 4.69) is 21.3 Å². The van der Waals surface area contributed by atoms with Crippen molar-refractivity contribution in [3.8, 4) is 5.75 Å². The largest absolute Gasteiger partial charge is 0.379 e. The number of carbonyl (C=O) groups is 2. The van der Waals surface area contributed by atoms with Crippen LogP contribution in [0.25, 0.3) is 0 Å². The van der Waals surface area contributed by atoms with Crippen LogP contribution >= 0.6 is 11.6 Å². The van der Waals surface area contributed by atoms with Gasteiger partial charge in [-0.25, -0.2) is 18.4 Å². The summed E-state index contributed by atoms with van der Waals surface area (Å²) in [6, 6.07) is 18.0. The van der Waals surface area contributed by atoms with Crippen LogP contribution in [0.2, 0.25) is 5.02 Å². The first kappa shape index (κ1) is 27.4. The molecule has 4 rings (SSSR count). The van der Waals surface area contributed by atoms with Crippen LogP contribution in [-0.4, -0.2) is 20.5 Å². The Morgan fingerprint density at radius 1 is 0.641 bits per heavy atom. The Labute approximate surface area is 226 Å². The number of nitrogens with one attached hydrogen (secondary N) is 4. The fourth-order valence-corrected chi connectivity index (χ4v) is 4.29. The van der Waals surface area contributed by atoms with Crippen LogP contribution in [0.1, 0.15) is 0 Å². The Hall–Kier alpha value is -4.68. The molecule has 0 aliphatic carbocycles. The predicted octanol–water partition coefficient (Wildman–Crippen LogP) is 6.67. The third kappa shape index (κ3) is 7.66. The number of hydrogen-bond acceptors (Lipinski definition) is 5. The third-order valence-electron chi connectivity index (χ3n) is 5.00. The zero-order valence-corrected chi connectivity index (χ0v) is 21.3. The summed E-state index contributed by atoms with van der Waals surface area (Å²) in [6.45, 7) is 0. The van der Waals surface area contributed by atoms with E-state index in [-0.39, 0.29) is 21.4 Å². The highest BCUT2D eigenvalue weighted by Crippen LogP contribution is 2.28. The van der Waals surface area contributed by atoms with Gasteiger partial charge < -0.3 is 25.5 Å². The van der Waals surface area contributed by atoms with Crippen LogP contribution < -0.4 is 25.5 Å². The van der Waals surface area contributed by atoms with Gasteiger partial charge in [-0.1, -0.05) is 11.6 Å². The van der Waals surface area contributed by atoms with Crippen molar-refractivity contribution in [3.05, 3.63) is 108 Å². The van der Waals surface area contributed by atoms with Crippen LogP contribution in [0.3, 0.4) is 0 Å². The lowest BCUT2D eigenvalue weighted by Crippen LogP contribution is -2.20. The third-order valence-corrected chi connectivity index (χ3v) is 6.57. The number of rotatable bonds is 7. The molecule has 4 aromatic rings. The molecule has 0 aliphatic rings. The van der Waals surface area contributed by atoms with E-state index in [0.29, 0.717) is 17.1 Å². The van der Waals surface area contributed by atoms with Gasteiger partial charge in [-0.05, 0) is 91.0 Å². The van der Waals surface area contributed by atoms with Crippen molar-refractivity contribution in [1.29, 1.82) is 0 Å². The van der Waals surface area contributed by atoms with Crippen LogP contribution in [0.4, 0.5) is 41.1 Å². The van der Waals surface area contributed by atoms with E-state index >= 15 is 0 Å². The van der Waals surface area contributed by atoms with E-state index < -0.39 is 33.8 Å². The van der Waals surface area contributed by atoms with Crippen molar-refractivity contribution in [3.63, 3.8) is 0 Å². The molecule has 0 aromatic heterocycles. The molecule has 13 heteroatoms. The number of hydrogen-bond donors (Lipinski definition) is 4. The summed E-state index contributed by atoms with van der Waals surface area (Å²) >= 11 is 6.11. The number of amides is 4. The van der Waals surface area contributed by atoms with Crippen molar-refractivity contribution in [2.24, 2.45) is 0 Å². The second-order valence-electron chi connectivity index (χ2n) is 7.88.